The van der Waals surface area contributed by atoms with Crippen LogP contribution in [0.2, 0.25) is 0 Å². The van der Waals surface area contributed by atoms with E-state index in [0.717, 1.165) is 43.1 Å². The summed E-state index contributed by atoms with van der Waals surface area (Å²) in [5.74, 6) is 8.32. The molecule has 0 amide bonds. The SMILES string of the molecule is CCCN(CC#Cc1cccc(OC)c1)Cc1cccc(OCc2cc(-c3ccsc3)cs2)c1. The average Bonchev–Trinajstić information content (AvgIpc) is 3.56. The molecule has 4 rings (SSSR count). The van der Waals surface area contributed by atoms with Gasteiger partial charge in [-0.2, -0.15) is 11.3 Å². The van der Waals surface area contributed by atoms with E-state index in [9.17, 15) is 0 Å². The number of methoxy groups -OCH3 is 1. The van der Waals surface area contributed by atoms with Gasteiger partial charge in [0.05, 0.1) is 13.7 Å². The number of rotatable bonds is 10. The Morgan fingerprint density at radius 1 is 0.941 bits per heavy atom. The normalized spacial score (nSPS) is 10.7. The first-order valence-corrected chi connectivity index (χ1v) is 13.2. The molecule has 0 spiro atoms. The third-order valence-corrected chi connectivity index (χ3v) is 6.93. The first kappa shape index (κ1) is 24.1. The third kappa shape index (κ3) is 6.98. The number of hydrogen-bond donors (Lipinski definition) is 0. The van der Waals surface area contributed by atoms with Gasteiger partial charge in [0.2, 0.25) is 0 Å². The van der Waals surface area contributed by atoms with Crippen molar-refractivity contribution in [2.75, 3.05) is 20.2 Å². The lowest BCUT2D eigenvalue weighted by atomic mass is 10.2. The van der Waals surface area contributed by atoms with Crippen molar-refractivity contribution >= 4 is 22.7 Å². The molecule has 0 fully saturated rings. The van der Waals surface area contributed by atoms with E-state index >= 15 is 0 Å². The quantitative estimate of drug-likeness (QED) is 0.219. The number of hydrogen-bond acceptors (Lipinski definition) is 5. The van der Waals surface area contributed by atoms with Gasteiger partial charge in [-0.15, -0.1) is 11.3 Å². The fourth-order valence-electron chi connectivity index (χ4n) is 3.67. The van der Waals surface area contributed by atoms with Gasteiger partial charge in [0.1, 0.15) is 18.1 Å². The van der Waals surface area contributed by atoms with Crippen LogP contribution in [-0.4, -0.2) is 25.1 Å². The van der Waals surface area contributed by atoms with Gasteiger partial charge in [0, 0.05) is 17.0 Å². The Morgan fingerprint density at radius 2 is 1.82 bits per heavy atom. The van der Waals surface area contributed by atoms with E-state index in [1.807, 2.05) is 30.3 Å². The zero-order valence-electron chi connectivity index (χ0n) is 19.6. The van der Waals surface area contributed by atoms with Crippen LogP contribution in [0.5, 0.6) is 11.5 Å². The summed E-state index contributed by atoms with van der Waals surface area (Å²) < 4.78 is 11.4. The average molecular weight is 488 g/mol. The molecule has 0 unspecified atom stereocenters. The molecule has 4 aromatic rings. The summed E-state index contributed by atoms with van der Waals surface area (Å²) in [7, 11) is 1.68. The highest BCUT2D eigenvalue weighted by Gasteiger charge is 2.07. The number of ether oxygens (including phenoxy) is 2. The molecule has 0 N–H and O–H groups in total. The number of thiophene rings is 2. The van der Waals surface area contributed by atoms with E-state index in [-0.39, 0.29) is 0 Å². The monoisotopic (exact) mass is 487 g/mol. The number of benzene rings is 2. The lowest BCUT2D eigenvalue weighted by molar-refractivity contribution is 0.294. The minimum atomic E-state index is 0.586. The maximum atomic E-state index is 6.12. The summed E-state index contributed by atoms with van der Waals surface area (Å²) in [5.41, 5.74) is 4.75. The highest BCUT2D eigenvalue weighted by Crippen LogP contribution is 2.28. The molecule has 0 radical (unpaired) electrons. The molecule has 2 heterocycles. The van der Waals surface area contributed by atoms with Crippen molar-refractivity contribution in [3.63, 3.8) is 0 Å². The molecule has 0 aliphatic carbocycles. The maximum absolute atomic E-state index is 6.12. The summed E-state index contributed by atoms with van der Waals surface area (Å²) in [6.07, 6.45) is 1.09. The van der Waals surface area contributed by atoms with Crippen molar-refractivity contribution in [3.05, 3.63) is 92.8 Å². The topological polar surface area (TPSA) is 21.7 Å². The molecule has 0 bridgehead atoms. The molecule has 34 heavy (non-hydrogen) atoms. The van der Waals surface area contributed by atoms with E-state index in [1.54, 1.807) is 29.8 Å². The van der Waals surface area contributed by atoms with Gasteiger partial charge in [-0.1, -0.05) is 37.0 Å². The van der Waals surface area contributed by atoms with E-state index < -0.39 is 0 Å². The molecule has 0 aliphatic rings. The molecule has 2 aromatic heterocycles. The summed E-state index contributed by atoms with van der Waals surface area (Å²) in [5, 5.41) is 6.49. The molecule has 0 saturated heterocycles. The van der Waals surface area contributed by atoms with Gasteiger partial charge in [-0.05, 0) is 88.3 Å². The second-order valence-electron chi connectivity index (χ2n) is 7.99. The maximum Gasteiger partial charge on any atom is 0.122 e. The van der Waals surface area contributed by atoms with E-state index in [4.69, 9.17) is 9.47 Å². The lowest BCUT2D eigenvalue weighted by Gasteiger charge is -2.19. The van der Waals surface area contributed by atoms with Gasteiger partial charge >= 0.3 is 0 Å². The predicted octanol–water partition coefficient (Wildman–Crippen LogP) is 7.33. The van der Waals surface area contributed by atoms with Crippen LogP contribution < -0.4 is 9.47 Å². The van der Waals surface area contributed by atoms with Crippen molar-refractivity contribution < 1.29 is 9.47 Å². The van der Waals surface area contributed by atoms with Crippen LogP contribution in [0, 0.1) is 11.8 Å². The van der Waals surface area contributed by atoms with Gasteiger partial charge in [0.15, 0.2) is 0 Å². The smallest absolute Gasteiger partial charge is 0.122 e. The predicted molar refractivity (Wildman–Crippen MR) is 144 cm³/mol. The summed E-state index contributed by atoms with van der Waals surface area (Å²) >= 11 is 3.47. The molecular weight excluding hydrogens is 458 g/mol. The minimum absolute atomic E-state index is 0.586. The molecule has 174 valence electrons. The minimum Gasteiger partial charge on any atom is -0.497 e. The van der Waals surface area contributed by atoms with E-state index in [2.05, 4.69) is 70.1 Å². The Hall–Kier alpha value is -3.04. The van der Waals surface area contributed by atoms with Crippen LogP contribution in [0.25, 0.3) is 11.1 Å². The molecule has 0 saturated carbocycles. The van der Waals surface area contributed by atoms with E-state index in [0.29, 0.717) is 6.61 Å². The molecule has 2 aromatic carbocycles. The highest BCUT2D eigenvalue weighted by molar-refractivity contribution is 7.10. The van der Waals surface area contributed by atoms with Crippen molar-refractivity contribution in [1.82, 2.24) is 4.90 Å². The van der Waals surface area contributed by atoms with Crippen molar-refractivity contribution in [3.8, 4) is 34.5 Å². The Balaban J connectivity index is 1.34. The number of nitrogens with zero attached hydrogens (tertiary/aromatic N) is 1. The molecular formula is C29H29NO2S2. The van der Waals surface area contributed by atoms with Gasteiger partial charge in [-0.25, -0.2) is 0 Å². The first-order chi connectivity index (χ1) is 16.7. The Morgan fingerprint density at radius 3 is 2.65 bits per heavy atom. The van der Waals surface area contributed by atoms with Crippen molar-refractivity contribution in [1.29, 1.82) is 0 Å². The van der Waals surface area contributed by atoms with E-state index in [1.165, 1.54) is 21.6 Å². The largest absolute Gasteiger partial charge is 0.497 e. The second-order valence-corrected chi connectivity index (χ2v) is 9.77. The zero-order valence-corrected chi connectivity index (χ0v) is 21.3. The lowest BCUT2D eigenvalue weighted by Crippen LogP contribution is -2.24. The van der Waals surface area contributed by atoms with Crippen LogP contribution in [-0.2, 0) is 13.2 Å². The molecule has 5 heteroatoms. The Labute approximate surface area is 210 Å². The summed E-state index contributed by atoms with van der Waals surface area (Å²) in [4.78, 5) is 3.60. The second kappa shape index (κ2) is 12.4. The van der Waals surface area contributed by atoms with Gasteiger partial charge in [0.25, 0.3) is 0 Å². The Bertz CT molecular complexity index is 1230. The fourth-order valence-corrected chi connectivity index (χ4v) is 5.14. The van der Waals surface area contributed by atoms with Crippen LogP contribution in [0.1, 0.15) is 29.3 Å². The van der Waals surface area contributed by atoms with Gasteiger partial charge in [-0.3, -0.25) is 4.90 Å². The Kier molecular flexibility index (Phi) is 8.81. The van der Waals surface area contributed by atoms with Gasteiger partial charge < -0.3 is 9.47 Å². The van der Waals surface area contributed by atoms with Crippen LogP contribution in [0.15, 0.2) is 76.8 Å². The van der Waals surface area contributed by atoms with Crippen LogP contribution >= 0.6 is 22.7 Å². The standard InChI is InChI=1S/C29H29NO2S2/c1-3-13-30(14-6-9-23-7-4-10-27(16-23)31-2)19-24-8-5-11-28(17-24)32-20-29-18-26(22-34-29)25-12-15-33-21-25/h4-5,7-8,10-12,15-18,21-22H,3,13-14,19-20H2,1-2H3. The third-order valence-electron chi connectivity index (χ3n) is 5.34. The fraction of sp³-hybridized carbons (Fsp3) is 0.241. The zero-order chi connectivity index (χ0) is 23.6. The van der Waals surface area contributed by atoms with Crippen LogP contribution in [0.4, 0.5) is 0 Å². The summed E-state index contributed by atoms with van der Waals surface area (Å²) in [6, 6.07) is 20.7. The molecule has 0 aliphatic heterocycles. The molecule has 0 atom stereocenters. The molecule has 3 nitrogen and oxygen atoms in total. The van der Waals surface area contributed by atoms with Crippen molar-refractivity contribution in [2.24, 2.45) is 0 Å². The van der Waals surface area contributed by atoms with Crippen molar-refractivity contribution in [2.45, 2.75) is 26.5 Å². The first-order valence-electron chi connectivity index (χ1n) is 11.4. The van der Waals surface area contributed by atoms with Crippen LogP contribution in [0.3, 0.4) is 0 Å². The highest BCUT2D eigenvalue weighted by atomic mass is 32.1. The summed E-state index contributed by atoms with van der Waals surface area (Å²) in [6.45, 7) is 5.35.